The number of nitrogens with zero attached hydrogens (tertiary/aromatic N) is 1. The van der Waals surface area contributed by atoms with Gasteiger partial charge < -0.3 is 10.5 Å². The lowest BCUT2D eigenvalue weighted by molar-refractivity contribution is 0.104. The summed E-state index contributed by atoms with van der Waals surface area (Å²) in [6.07, 6.45) is 1.67. The SMILES string of the molecule is Nc1ccnc(COCc2ccccc2Cl)c1. The van der Waals surface area contributed by atoms with Gasteiger partial charge in [-0.2, -0.15) is 0 Å². The summed E-state index contributed by atoms with van der Waals surface area (Å²) in [5.41, 5.74) is 8.13. The average molecular weight is 249 g/mol. The molecule has 0 atom stereocenters. The Morgan fingerprint density at radius 1 is 1.18 bits per heavy atom. The van der Waals surface area contributed by atoms with E-state index in [0.717, 1.165) is 11.3 Å². The molecule has 0 aliphatic rings. The second-order valence-electron chi connectivity index (χ2n) is 3.66. The average Bonchev–Trinajstić information content (AvgIpc) is 2.32. The third-order valence-electron chi connectivity index (χ3n) is 2.31. The van der Waals surface area contributed by atoms with E-state index in [4.69, 9.17) is 22.1 Å². The molecule has 3 nitrogen and oxygen atoms in total. The first kappa shape index (κ1) is 11.9. The van der Waals surface area contributed by atoms with Crippen LogP contribution in [0.3, 0.4) is 0 Å². The van der Waals surface area contributed by atoms with Crippen molar-refractivity contribution in [1.82, 2.24) is 4.98 Å². The van der Waals surface area contributed by atoms with Crippen LogP contribution in [0.5, 0.6) is 0 Å². The van der Waals surface area contributed by atoms with E-state index in [1.807, 2.05) is 24.3 Å². The monoisotopic (exact) mass is 248 g/mol. The molecule has 2 N–H and O–H groups in total. The van der Waals surface area contributed by atoms with Crippen molar-refractivity contribution in [2.75, 3.05) is 5.73 Å². The molecule has 1 aromatic carbocycles. The number of hydrogen-bond acceptors (Lipinski definition) is 3. The summed E-state index contributed by atoms with van der Waals surface area (Å²) in [5.74, 6) is 0. The lowest BCUT2D eigenvalue weighted by Crippen LogP contribution is -1.98. The van der Waals surface area contributed by atoms with Crippen LogP contribution in [0.25, 0.3) is 0 Å². The predicted molar refractivity (Wildman–Crippen MR) is 68.6 cm³/mol. The molecule has 2 aromatic rings. The lowest BCUT2D eigenvalue weighted by Gasteiger charge is -2.06. The van der Waals surface area contributed by atoms with Crippen LogP contribution < -0.4 is 5.73 Å². The Hall–Kier alpha value is -1.58. The molecule has 1 heterocycles. The van der Waals surface area contributed by atoms with Crippen LogP contribution in [0.1, 0.15) is 11.3 Å². The highest BCUT2D eigenvalue weighted by molar-refractivity contribution is 6.31. The van der Waals surface area contributed by atoms with Crippen LogP contribution in [0.2, 0.25) is 5.02 Å². The van der Waals surface area contributed by atoms with Crippen LogP contribution in [0, 0.1) is 0 Å². The highest BCUT2D eigenvalue weighted by Gasteiger charge is 2.00. The Labute approximate surface area is 105 Å². The van der Waals surface area contributed by atoms with Crippen molar-refractivity contribution in [3.8, 4) is 0 Å². The van der Waals surface area contributed by atoms with Crippen molar-refractivity contribution in [1.29, 1.82) is 0 Å². The molecule has 2 rings (SSSR count). The molecule has 17 heavy (non-hydrogen) atoms. The molecule has 4 heteroatoms. The number of benzene rings is 1. The van der Waals surface area contributed by atoms with E-state index >= 15 is 0 Å². The van der Waals surface area contributed by atoms with Crippen LogP contribution in [0.15, 0.2) is 42.6 Å². The predicted octanol–water partition coefficient (Wildman–Crippen LogP) is 3.03. The minimum Gasteiger partial charge on any atom is -0.399 e. The van der Waals surface area contributed by atoms with Gasteiger partial charge in [-0.3, -0.25) is 4.98 Å². The molecular weight excluding hydrogens is 236 g/mol. The summed E-state index contributed by atoms with van der Waals surface area (Å²) >= 11 is 6.02. The number of ether oxygens (including phenoxy) is 1. The van der Waals surface area contributed by atoms with Gasteiger partial charge in [0, 0.05) is 16.9 Å². The fourth-order valence-electron chi connectivity index (χ4n) is 1.46. The normalized spacial score (nSPS) is 10.4. The standard InChI is InChI=1S/C13H13ClN2O/c14-13-4-2-1-3-10(13)8-17-9-12-7-11(15)5-6-16-12/h1-7H,8-9H2,(H2,15,16). The Morgan fingerprint density at radius 3 is 2.76 bits per heavy atom. The number of pyridine rings is 1. The van der Waals surface area contributed by atoms with Gasteiger partial charge >= 0.3 is 0 Å². The largest absolute Gasteiger partial charge is 0.399 e. The Balaban J connectivity index is 1.90. The fourth-order valence-corrected chi connectivity index (χ4v) is 1.65. The summed E-state index contributed by atoms with van der Waals surface area (Å²) in [7, 11) is 0. The van der Waals surface area contributed by atoms with Gasteiger partial charge in [0.2, 0.25) is 0 Å². The second kappa shape index (κ2) is 5.66. The third-order valence-corrected chi connectivity index (χ3v) is 2.67. The summed E-state index contributed by atoms with van der Waals surface area (Å²) in [4.78, 5) is 4.16. The van der Waals surface area contributed by atoms with Gasteiger partial charge in [0.1, 0.15) is 0 Å². The molecule has 88 valence electrons. The molecule has 0 bridgehead atoms. The highest BCUT2D eigenvalue weighted by Crippen LogP contribution is 2.16. The van der Waals surface area contributed by atoms with E-state index < -0.39 is 0 Å². The summed E-state index contributed by atoms with van der Waals surface area (Å²) in [5, 5.41) is 0.716. The molecule has 0 spiro atoms. The maximum absolute atomic E-state index is 6.02. The summed E-state index contributed by atoms with van der Waals surface area (Å²) in [6.45, 7) is 0.895. The Bertz CT molecular complexity index is 502. The van der Waals surface area contributed by atoms with E-state index in [2.05, 4.69) is 4.98 Å². The molecule has 1 aromatic heterocycles. The number of nitrogens with two attached hydrogens (primary N) is 1. The first-order valence-electron chi connectivity index (χ1n) is 5.27. The van der Waals surface area contributed by atoms with Crippen LogP contribution in [-0.4, -0.2) is 4.98 Å². The molecule has 0 saturated heterocycles. The van der Waals surface area contributed by atoms with Crippen molar-refractivity contribution in [2.45, 2.75) is 13.2 Å². The zero-order valence-corrected chi connectivity index (χ0v) is 10.0. The maximum atomic E-state index is 6.02. The number of rotatable bonds is 4. The molecule has 0 unspecified atom stereocenters. The molecule has 0 amide bonds. The number of aromatic nitrogens is 1. The van der Waals surface area contributed by atoms with Crippen LogP contribution >= 0.6 is 11.6 Å². The molecular formula is C13H13ClN2O. The number of hydrogen-bond donors (Lipinski definition) is 1. The van der Waals surface area contributed by atoms with Crippen molar-refractivity contribution >= 4 is 17.3 Å². The van der Waals surface area contributed by atoms with Crippen molar-refractivity contribution in [3.05, 3.63) is 58.9 Å². The van der Waals surface area contributed by atoms with E-state index in [1.165, 1.54) is 0 Å². The van der Waals surface area contributed by atoms with Crippen molar-refractivity contribution in [2.24, 2.45) is 0 Å². The molecule has 0 radical (unpaired) electrons. The molecule has 0 aliphatic carbocycles. The Kier molecular flexibility index (Phi) is 3.96. The number of anilines is 1. The van der Waals surface area contributed by atoms with Crippen molar-refractivity contribution in [3.63, 3.8) is 0 Å². The van der Waals surface area contributed by atoms with Crippen LogP contribution in [-0.2, 0) is 18.0 Å². The minimum absolute atomic E-state index is 0.427. The zero-order valence-electron chi connectivity index (χ0n) is 9.27. The first-order chi connectivity index (χ1) is 8.25. The van der Waals surface area contributed by atoms with E-state index in [1.54, 1.807) is 18.3 Å². The first-order valence-corrected chi connectivity index (χ1v) is 5.65. The summed E-state index contributed by atoms with van der Waals surface area (Å²) in [6, 6.07) is 11.2. The lowest BCUT2D eigenvalue weighted by atomic mass is 10.2. The maximum Gasteiger partial charge on any atom is 0.0893 e. The number of nitrogen functional groups attached to an aromatic ring is 1. The van der Waals surface area contributed by atoms with Gasteiger partial charge in [0.05, 0.1) is 18.9 Å². The van der Waals surface area contributed by atoms with Gasteiger partial charge in [-0.15, -0.1) is 0 Å². The van der Waals surface area contributed by atoms with Gasteiger partial charge in [0.25, 0.3) is 0 Å². The quantitative estimate of drug-likeness (QED) is 0.905. The highest BCUT2D eigenvalue weighted by atomic mass is 35.5. The third kappa shape index (κ3) is 3.44. The van der Waals surface area contributed by atoms with Gasteiger partial charge in [-0.05, 0) is 23.8 Å². The fraction of sp³-hybridized carbons (Fsp3) is 0.154. The topological polar surface area (TPSA) is 48.1 Å². The number of halogens is 1. The van der Waals surface area contributed by atoms with Crippen molar-refractivity contribution < 1.29 is 4.74 Å². The van der Waals surface area contributed by atoms with Crippen LogP contribution in [0.4, 0.5) is 5.69 Å². The smallest absolute Gasteiger partial charge is 0.0893 e. The second-order valence-corrected chi connectivity index (χ2v) is 4.07. The minimum atomic E-state index is 0.427. The molecule has 0 fully saturated rings. The van der Waals surface area contributed by atoms with E-state index in [-0.39, 0.29) is 0 Å². The van der Waals surface area contributed by atoms with Gasteiger partial charge in [-0.25, -0.2) is 0 Å². The van der Waals surface area contributed by atoms with E-state index in [9.17, 15) is 0 Å². The zero-order chi connectivity index (χ0) is 12.1. The van der Waals surface area contributed by atoms with E-state index in [0.29, 0.717) is 23.9 Å². The van der Waals surface area contributed by atoms with Gasteiger partial charge in [0.15, 0.2) is 0 Å². The Morgan fingerprint density at radius 2 is 2.00 bits per heavy atom. The summed E-state index contributed by atoms with van der Waals surface area (Å²) < 4.78 is 5.54. The molecule has 0 saturated carbocycles. The van der Waals surface area contributed by atoms with Gasteiger partial charge in [-0.1, -0.05) is 29.8 Å². The molecule has 0 aliphatic heterocycles.